The van der Waals surface area contributed by atoms with Gasteiger partial charge < -0.3 is 9.66 Å². The second-order valence-corrected chi connectivity index (χ2v) is 6.49. The van der Waals surface area contributed by atoms with Crippen molar-refractivity contribution in [2.45, 2.75) is 77.2 Å². The molecule has 0 aromatic rings. The van der Waals surface area contributed by atoms with Crippen LogP contribution in [0.3, 0.4) is 0 Å². The van der Waals surface area contributed by atoms with Crippen LogP contribution in [-0.4, -0.2) is 29.9 Å². The molecule has 4 nitrogen and oxygen atoms in total. The van der Waals surface area contributed by atoms with Crippen LogP contribution in [-0.2, 0) is 10.1 Å². The van der Waals surface area contributed by atoms with Gasteiger partial charge in [-0.2, -0.15) is 0 Å². The Morgan fingerprint density at radius 2 is 1.42 bits per heavy atom. The van der Waals surface area contributed by atoms with Crippen molar-refractivity contribution in [2.75, 3.05) is 5.75 Å². The van der Waals surface area contributed by atoms with Gasteiger partial charge in [-0.05, 0) is 19.3 Å². The summed E-state index contributed by atoms with van der Waals surface area (Å²) in [5.41, 5.74) is 0. The van der Waals surface area contributed by atoms with Crippen LogP contribution in [0.25, 0.3) is 0 Å². The number of rotatable bonds is 12. The summed E-state index contributed by atoms with van der Waals surface area (Å²) in [5.74, 6) is -0.226. The zero-order chi connectivity index (χ0) is 13.9. The largest absolute Gasteiger partial charge is 1.00 e. The second-order valence-electron chi connectivity index (χ2n) is 4.97. The van der Waals surface area contributed by atoms with Gasteiger partial charge in [-0.25, -0.2) is 8.42 Å². The van der Waals surface area contributed by atoms with Gasteiger partial charge in [-0.3, -0.25) is 0 Å². The van der Waals surface area contributed by atoms with E-state index >= 15 is 0 Å². The molecule has 0 rings (SSSR count). The summed E-state index contributed by atoms with van der Waals surface area (Å²) in [5, 5.41) is 9.51. The number of hydrogen-bond acceptors (Lipinski definition) is 4. The molecule has 0 radical (unpaired) electrons. The Labute approximate surface area is 140 Å². The smallest absolute Gasteiger partial charge is 0.748 e. The monoisotopic (exact) mass is 302 g/mol. The third-order valence-corrected chi connectivity index (χ3v) is 3.84. The van der Waals surface area contributed by atoms with E-state index in [-0.39, 0.29) is 41.4 Å². The molecule has 0 aliphatic heterocycles. The van der Waals surface area contributed by atoms with E-state index < -0.39 is 10.1 Å². The van der Waals surface area contributed by atoms with Crippen molar-refractivity contribution < 1.29 is 47.6 Å². The van der Waals surface area contributed by atoms with Crippen molar-refractivity contribution in [1.29, 1.82) is 0 Å². The molecule has 19 heavy (non-hydrogen) atoms. The molecule has 0 saturated heterocycles. The van der Waals surface area contributed by atoms with Gasteiger partial charge in [0.05, 0.1) is 16.2 Å². The van der Waals surface area contributed by atoms with E-state index in [4.69, 9.17) is 0 Å². The average Bonchev–Trinajstić information content (AvgIpc) is 2.25. The van der Waals surface area contributed by atoms with Crippen LogP contribution < -0.4 is 29.6 Å². The van der Waals surface area contributed by atoms with E-state index in [0.717, 1.165) is 57.8 Å². The molecular formula is C13H27NaO4S. The molecule has 1 unspecified atom stereocenters. The van der Waals surface area contributed by atoms with Gasteiger partial charge in [0.2, 0.25) is 0 Å². The van der Waals surface area contributed by atoms with Crippen LogP contribution in [0.2, 0.25) is 0 Å². The van der Waals surface area contributed by atoms with E-state index in [1.165, 1.54) is 0 Å². The van der Waals surface area contributed by atoms with Crippen LogP contribution in [0, 0.1) is 0 Å². The minimum absolute atomic E-state index is 0. The van der Waals surface area contributed by atoms with Gasteiger partial charge in [0.25, 0.3) is 0 Å². The number of aliphatic hydroxyl groups excluding tert-OH is 1. The van der Waals surface area contributed by atoms with Crippen LogP contribution in [0.5, 0.6) is 0 Å². The maximum absolute atomic E-state index is 10.3. The minimum atomic E-state index is -4.02. The van der Waals surface area contributed by atoms with Gasteiger partial charge in [0, 0.05) is 5.75 Å². The predicted molar refractivity (Wildman–Crippen MR) is 72.4 cm³/mol. The maximum Gasteiger partial charge on any atom is 1.00 e. The van der Waals surface area contributed by atoms with E-state index in [0.29, 0.717) is 6.42 Å². The van der Waals surface area contributed by atoms with Crippen LogP contribution in [0.15, 0.2) is 0 Å². The summed E-state index contributed by atoms with van der Waals surface area (Å²) in [6, 6.07) is 0. The van der Waals surface area contributed by atoms with E-state index in [1.54, 1.807) is 0 Å². The van der Waals surface area contributed by atoms with Crippen molar-refractivity contribution in [2.24, 2.45) is 0 Å². The van der Waals surface area contributed by atoms with Gasteiger partial charge >= 0.3 is 29.6 Å². The molecule has 1 N–H and O–H groups in total. The molecule has 1 atom stereocenters. The summed E-state index contributed by atoms with van der Waals surface area (Å²) in [7, 11) is -4.02. The first-order valence-electron chi connectivity index (χ1n) is 7.07. The number of aliphatic hydroxyl groups is 1. The Morgan fingerprint density at radius 3 is 1.89 bits per heavy atom. The SMILES string of the molecule is CCCC(O)CCCCCCCCCS(=O)(=O)[O-].[Na+]. The standard InChI is InChI=1S/C13H28O4S.Na/c1-2-10-13(14)11-8-6-4-3-5-7-9-12-18(15,16)17;/h13-14H,2-12H2,1H3,(H,15,16,17);/q;+1/p-1. The van der Waals surface area contributed by atoms with Gasteiger partial charge in [-0.1, -0.05) is 51.9 Å². The third kappa shape index (κ3) is 18.9. The first kappa shape index (κ1) is 22.2. The van der Waals surface area contributed by atoms with Gasteiger partial charge in [-0.15, -0.1) is 0 Å². The summed E-state index contributed by atoms with van der Waals surface area (Å²) in [4.78, 5) is 0. The maximum atomic E-state index is 10.3. The van der Waals surface area contributed by atoms with E-state index in [2.05, 4.69) is 6.92 Å². The van der Waals surface area contributed by atoms with Crippen LogP contribution in [0.4, 0.5) is 0 Å². The quantitative estimate of drug-likeness (QED) is 0.308. The average molecular weight is 302 g/mol. The summed E-state index contributed by atoms with van der Waals surface area (Å²) in [6.45, 7) is 2.07. The van der Waals surface area contributed by atoms with Crippen molar-refractivity contribution in [3.8, 4) is 0 Å². The predicted octanol–water partition coefficient (Wildman–Crippen LogP) is -0.183. The van der Waals surface area contributed by atoms with Crippen LogP contribution in [0.1, 0.15) is 71.1 Å². The van der Waals surface area contributed by atoms with Gasteiger partial charge in [0.1, 0.15) is 0 Å². The molecule has 0 amide bonds. The number of unbranched alkanes of at least 4 members (excludes halogenated alkanes) is 6. The summed E-state index contributed by atoms with van der Waals surface area (Å²) < 4.78 is 31.0. The Hall–Kier alpha value is 0.870. The van der Waals surface area contributed by atoms with Crippen molar-refractivity contribution >= 4 is 10.1 Å². The minimum Gasteiger partial charge on any atom is -0.748 e. The normalized spacial score (nSPS) is 13.0. The molecule has 0 aliphatic rings. The summed E-state index contributed by atoms with van der Waals surface area (Å²) in [6.07, 6.45) is 9.38. The molecule has 0 aliphatic carbocycles. The molecule has 110 valence electrons. The van der Waals surface area contributed by atoms with Crippen LogP contribution >= 0.6 is 0 Å². The molecule has 0 saturated carbocycles. The molecular weight excluding hydrogens is 275 g/mol. The second kappa shape index (κ2) is 13.8. The molecule has 0 aromatic heterocycles. The Bertz CT molecular complexity index is 280. The fourth-order valence-electron chi connectivity index (χ4n) is 2.02. The Morgan fingerprint density at radius 1 is 0.947 bits per heavy atom. The molecule has 0 spiro atoms. The van der Waals surface area contributed by atoms with Crippen molar-refractivity contribution in [1.82, 2.24) is 0 Å². The fourth-order valence-corrected chi connectivity index (χ4v) is 2.58. The van der Waals surface area contributed by atoms with Crippen molar-refractivity contribution in [3.63, 3.8) is 0 Å². The van der Waals surface area contributed by atoms with E-state index in [9.17, 15) is 18.1 Å². The Balaban J connectivity index is 0. The summed E-state index contributed by atoms with van der Waals surface area (Å²) >= 11 is 0. The first-order chi connectivity index (χ1) is 8.45. The van der Waals surface area contributed by atoms with E-state index in [1.807, 2.05) is 0 Å². The zero-order valence-corrected chi connectivity index (χ0v) is 15.3. The fraction of sp³-hybridized carbons (Fsp3) is 1.00. The zero-order valence-electron chi connectivity index (χ0n) is 12.4. The molecule has 6 heteroatoms. The van der Waals surface area contributed by atoms with Gasteiger partial charge in [0.15, 0.2) is 0 Å². The third-order valence-electron chi connectivity index (χ3n) is 3.05. The Kier molecular flexibility index (Phi) is 16.1. The molecule has 0 fully saturated rings. The molecule has 0 aromatic carbocycles. The topological polar surface area (TPSA) is 77.4 Å². The molecule has 0 heterocycles. The van der Waals surface area contributed by atoms with Crippen molar-refractivity contribution in [3.05, 3.63) is 0 Å². The molecule has 0 bridgehead atoms. The number of hydrogen-bond donors (Lipinski definition) is 1. The first-order valence-corrected chi connectivity index (χ1v) is 8.65.